The molecule has 1 aliphatic rings. The molecule has 1 atom stereocenters. The Balaban J connectivity index is 1.93. The van der Waals surface area contributed by atoms with Gasteiger partial charge in [0.2, 0.25) is 10.0 Å². The third-order valence-electron chi connectivity index (χ3n) is 5.66. The first kappa shape index (κ1) is 20.6. The maximum absolute atomic E-state index is 13.1. The Hall–Kier alpha value is -2.18. The van der Waals surface area contributed by atoms with Crippen molar-refractivity contribution in [2.75, 3.05) is 11.9 Å². The molecule has 2 aromatic carbocycles. The van der Waals surface area contributed by atoms with Crippen molar-refractivity contribution in [2.24, 2.45) is 0 Å². The minimum atomic E-state index is -3.62. The maximum Gasteiger partial charge on any atom is 0.255 e. The zero-order valence-corrected chi connectivity index (χ0v) is 17.8. The Morgan fingerprint density at radius 1 is 1.07 bits per heavy atom. The van der Waals surface area contributed by atoms with Gasteiger partial charge in [-0.15, -0.1) is 0 Å². The van der Waals surface area contributed by atoms with E-state index < -0.39 is 10.0 Å². The summed E-state index contributed by atoms with van der Waals surface area (Å²) in [5, 5.41) is 2.93. The summed E-state index contributed by atoms with van der Waals surface area (Å²) >= 11 is 0. The number of piperidine rings is 1. The zero-order valence-electron chi connectivity index (χ0n) is 17.0. The molecule has 5 nitrogen and oxygen atoms in total. The molecule has 0 radical (unpaired) electrons. The molecule has 1 fully saturated rings. The molecule has 0 bridgehead atoms. The molecule has 1 unspecified atom stereocenters. The van der Waals surface area contributed by atoms with Crippen LogP contribution >= 0.6 is 0 Å². The van der Waals surface area contributed by atoms with Crippen LogP contribution in [-0.4, -0.2) is 31.2 Å². The monoisotopic (exact) mass is 400 g/mol. The molecular formula is C22H28N2O3S. The van der Waals surface area contributed by atoms with E-state index in [0.717, 1.165) is 41.6 Å². The smallest absolute Gasteiger partial charge is 0.255 e. The van der Waals surface area contributed by atoms with Gasteiger partial charge in [0.05, 0.1) is 4.90 Å². The fourth-order valence-corrected chi connectivity index (χ4v) is 5.37. The first-order chi connectivity index (χ1) is 13.2. The number of nitrogens with zero attached hydrogens (tertiary/aromatic N) is 1. The summed E-state index contributed by atoms with van der Waals surface area (Å²) in [6.45, 7) is 8.23. The molecule has 28 heavy (non-hydrogen) atoms. The van der Waals surface area contributed by atoms with Gasteiger partial charge >= 0.3 is 0 Å². The molecule has 0 aromatic heterocycles. The molecule has 1 N–H and O–H groups in total. The molecule has 1 aliphatic heterocycles. The van der Waals surface area contributed by atoms with Crippen LogP contribution in [0.1, 0.15) is 53.2 Å². The summed E-state index contributed by atoms with van der Waals surface area (Å²) in [6, 6.07) is 10.5. The van der Waals surface area contributed by atoms with Gasteiger partial charge in [-0.1, -0.05) is 24.6 Å². The van der Waals surface area contributed by atoms with Crippen molar-refractivity contribution in [1.82, 2.24) is 4.31 Å². The summed E-state index contributed by atoms with van der Waals surface area (Å²) in [5.74, 6) is -0.296. The highest BCUT2D eigenvalue weighted by Gasteiger charge is 2.31. The second-order valence-corrected chi connectivity index (χ2v) is 9.53. The van der Waals surface area contributed by atoms with Crippen LogP contribution in [0.25, 0.3) is 0 Å². The molecule has 150 valence electrons. The van der Waals surface area contributed by atoms with E-state index in [1.807, 2.05) is 45.9 Å². The van der Waals surface area contributed by atoms with Crippen LogP contribution in [0.4, 0.5) is 5.69 Å². The van der Waals surface area contributed by atoms with E-state index in [0.29, 0.717) is 12.1 Å². The second kappa shape index (κ2) is 8.05. The van der Waals surface area contributed by atoms with Gasteiger partial charge in [0.1, 0.15) is 0 Å². The molecule has 1 amide bonds. The first-order valence-electron chi connectivity index (χ1n) is 9.72. The predicted molar refractivity (Wildman–Crippen MR) is 112 cm³/mol. The average Bonchev–Trinajstić information content (AvgIpc) is 2.65. The average molecular weight is 401 g/mol. The number of carbonyl (C=O) groups excluding carboxylic acids is 1. The number of benzene rings is 2. The van der Waals surface area contributed by atoms with Crippen molar-refractivity contribution < 1.29 is 13.2 Å². The standard InChI is InChI=1S/C22H28N2O3S/c1-15-8-7-10-21(18(15)4)23-22(25)20-14-19(12-11-16(20)2)28(26,27)24-13-6-5-9-17(24)3/h7-8,10-12,14,17H,5-6,9,13H2,1-4H3,(H,23,25). The van der Waals surface area contributed by atoms with Crippen LogP contribution in [0.3, 0.4) is 0 Å². The Morgan fingerprint density at radius 3 is 2.54 bits per heavy atom. The number of sulfonamides is 1. The molecule has 6 heteroatoms. The number of rotatable bonds is 4. The van der Waals surface area contributed by atoms with Crippen LogP contribution in [0.15, 0.2) is 41.3 Å². The number of hydrogen-bond donors (Lipinski definition) is 1. The lowest BCUT2D eigenvalue weighted by Crippen LogP contribution is -2.42. The lowest BCUT2D eigenvalue weighted by atomic mass is 10.1. The van der Waals surface area contributed by atoms with Crippen molar-refractivity contribution in [3.05, 3.63) is 58.7 Å². The summed E-state index contributed by atoms with van der Waals surface area (Å²) in [4.78, 5) is 13.1. The molecule has 1 saturated heterocycles. The zero-order chi connectivity index (χ0) is 20.5. The van der Waals surface area contributed by atoms with Gasteiger partial charge in [0.25, 0.3) is 5.91 Å². The van der Waals surface area contributed by atoms with Crippen LogP contribution in [-0.2, 0) is 10.0 Å². The van der Waals surface area contributed by atoms with Crippen LogP contribution < -0.4 is 5.32 Å². The fraction of sp³-hybridized carbons (Fsp3) is 0.409. The van der Waals surface area contributed by atoms with Gasteiger partial charge in [-0.2, -0.15) is 4.31 Å². The van der Waals surface area contributed by atoms with Gasteiger partial charge < -0.3 is 5.32 Å². The molecule has 0 saturated carbocycles. The predicted octanol–water partition coefficient (Wildman–Crippen LogP) is 4.43. The van der Waals surface area contributed by atoms with E-state index in [2.05, 4.69) is 5.32 Å². The quantitative estimate of drug-likeness (QED) is 0.826. The lowest BCUT2D eigenvalue weighted by molar-refractivity contribution is 0.102. The third kappa shape index (κ3) is 3.98. The number of anilines is 1. The fourth-order valence-electron chi connectivity index (χ4n) is 3.65. The van der Waals surface area contributed by atoms with Crippen molar-refractivity contribution in [3.8, 4) is 0 Å². The van der Waals surface area contributed by atoms with E-state index in [1.54, 1.807) is 16.4 Å². The Morgan fingerprint density at radius 2 is 1.82 bits per heavy atom. The normalized spacial score (nSPS) is 18.1. The van der Waals surface area contributed by atoms with Crippen molar-refractivity contribution >= 4 is 21.6 Å². The molecule has 3 rings (SSSR count). The highest BCUT2D eigenvalue weighted by atomic mass is 32.2. The van der Waals surface area contributed by atoms with E-state index in [9.17, 15) is 13.2 Å². The number of nitrogens with one attached hydrogen (secondary N) is 1. The van der Waals surface area contributed by atoms with Gasteiger partial charge in [0, 0.05) is 23.8 Å². The SMILES string of the molecule is Cc1ccc(S(=O)(=O)N2CCCCC2C)cc1C(=O)Nc1cccc(C)c1C. The lowest BCUT2D eigenvalue weighted by Gasteiger charge is -2.32. The summed E-state index contributed by atoms with van der Waals surface area (Å²) < 4.78 is 27.8. The summed E-state index contributed by atoms with van der Waals surface area (Å²) in [7, 11) is -3.62. The largest absolute Gasteiger partial charge is 0.322 e. The van der Waals surface area contributed by atoms with Crippen LogP contribution in [0.5, 0.6) is 0 Å². The van der Waals surface area contributed by atoms with Crippen molar-refractivity contribution in [2.45, 2.75) is 57.9 Å². The van der Waals surface area contributed by atoms with E-state index in [1.165, 1.54) is 6.07 Å². The minimum Gasteiger partial charge on any atom is -0.322 e. The topological polar surface area (TPSA) is 66.5 Å². The molecule has 2 aromatic rings. The highest BCUT2D eigenvalue weighted by molar-refractivity contribution is 7.89. The maximum atomic E-state index is 13.1. The molecular weight excluding hydrogens is 372 g/mol. The first-order valence-corrected chi connectivity index (χ1v) is 11.2. The summed E-state index contributed by atoms with van der Waals surface area (Å²) in [6.07, 6.45) is 2.78. The van der Waals surface area contributed by atoms with E-state index in [-0.39, 0.29) is 16.8 Å². The number of amides is 1. The molecule has 1 heterocycles. The number of aryl methyl sites for hydroxylation is 2. The van der Waals surface area contributed by atoms with Gasteiger partial charge in [-0.05, 0) is 75.4 Å². The Bertz CT molecular complexity index is 999. The number of carbonyl (C=O) groups is 1. The highest BCUT2D eigenvalue weighted by Crippen LogP contribution is 2.27. The third-order valence-corrected chi connectivity index (χ3v) is 7.66. The minimum absolute atomic E-state index is 0.0210. The van der Waals surface area contributed by atoms with Crippen molar-refractivity contribution in [1.29, 1.82) is 0 Å². The molecule has 0 spiro atoms. The number of hydrogen-bond acceptors (Lipinski definition) is 3. The van der Waals surface area contributed by atoms with Gasteiger partial charge in [-0.25, -0.2) is 8.42 Å². The Kier molecular flexibility index (Phi) is 5.91. The van der Waals surface area contributed by atoms with Crippen LogP contribution in [0, 0.1) is 20.8 Å². The molecule has 0 aliphatic carbocycles. The van der Waals surface area contributed by atoms with Crippen LogP contribution in [0.2, 0.25) is 0 Å². The van der Waals surface area contributed by atoms with Gasteiger partial charge in [-0.3, -0.25) is 4.79 Å². The van der Waals surface area contributed by atoms with E-state index >= 15 is 0 Å². The Labute approximate surface area is 167 Å². The summed E-state index contributed by atoms with van der Waals surface area (Å²) in [5.41, 5.74) is 3.95. The van der Waals surface area contributed by atoms with E-state index in [4.69, 9.17) is 0 Å². The second-order valence-electron chi connectivity index (χ2n) is 7.64. The van der Waals surface area contributed by atoms with Gasteiger partial charge in [0.15, 0.2) is 0 Å². The van der Waals surface area contributed by atoms with Crippen molar-refractivity contribution in [3.63, 3.8) is 0 Å².